The van der Waals surface area contributed by atoms with Gasteiger partial charge in [0.1, 0.15) is 17.6 Å². The molecule has 1 aliphatic heterocycles. The maximum atomic E-state index is 14.3. The minimum atomic E-state index is -4.55. The lowest BCUT2D eigenvalue weighted by atomic mass is 9.94. The molecule has 4 aromatic rings. The van der Waals surface area contributed by atoms with Crippen LogP contribution in [-0.2, 0) is 5.41 Å². The van der Waals surface area contributed by atoms with Gasteiger partial charge in [-0.15, -0.1) is 10.2 Å². The van der Waals surface area contributed by atoms with Crippen molar-refractivity contribution in [2.45, 2.75) is 43.0 Å². The van der Waals surface area contributed by atoms with Gasteiger partial charge in [0.15, 0.2) is 11.5 Å². The third-order valence-electron chi connectivity index (χ3n) is 7.32. The Bertz CT molecular complexity index is 1470. The molecule has 188 valence electrons. The van der Waals surface area contributed by atoms with Crippen molar-refractivity contribution in [3.8, 4) is 11.5 Å². The maximum Gasteiger partial charge on any atom is 0.408 e. The average molecular weight is 501 g/mol. The van der Waals surface area contributed by atoms with Crippen LogP contribution in [0.4, 0.5) is 17.6 Å². The van der Waals surface area contributed by atoms with E-state index >= 15 is 0 Å². The first-order chi connectivity index (χ1) is 17.2. The molecule has 1 saturated heterocycles. The van der Waals surface area contributed by atoms with Gasteiger partial charge in [-0.25, -0.2) is 9.37 Å². The zero-order valence-corrected chi connectivity index (χ0v) is 19.1. The fraction of sp³-hybridized carbons (Fsp3) is 0.400. The first kappa shape index (κ1) is 23.3. The van der Waals surface area contributed by atoms with Crippen LogP contribution in [0.5, 0.6) is 0 Å². The SMILES string of the molecule is OCC1(c2cc(F)cc3ccc(-c4nnc5ccc([C@@H](N6CC[C@H](O)C6)C(F)(F)F)cn45)nc23)CC1. The number of rotatable bonds is 5. The Hall–Kier alpha value is -3.15. The summed E-state index contributed by atoms with van der Waals surface area (Å²) in [7, 11) is 0. The van der Waals surface area contributed by atoms with Crippen LogP contribution in [0.2, 0.25) is 0 Å². The van der Waals surface area contributed by atoms with Gasteiger partial charge in [0, 0.05) is 30.1 Å². The van der Waals surface area contributed by atoms with E-state index in [9.17, 15) is 27.8 Å². The highest BCUT2D eigenvalue weighted by molar-refractivity contribution is 5.85. The number of β-amino-alcohol motifs (C(OH)–C–C–N with tert-alkyl or cyclic N) is 1. The second-order valence-electron chi connectivity index (χ2n) is 9.76. The molecule has 2 aliphatic rings. The number of likely N-dealkylation sites (tertiary alicyclic amines) is 1. The van der Waals surface area contributed by atoms with Crippen molar-refractivity contribution >= 4 is 16.6 Å². The predicted molar refractivity (Wildman–Crippen MR) is 123 cm³/mol. The Balaban J connectivity index is 1.47. The predicted octanol–water partition coefficient (Wildman–Crippen LogP) is 3.78. The molecule has 36 heavy (non-hydrogen) atoms. The number of pyridine rings is 2. The topological polar surface area (TPSA) is 86.8 Å². The molecule has 0 bridgehead atoms. The van der Waals surface area contributed by atoms with E-state index in [1.165, 1.54) is 39.8 Å². The number of aromatic nitrogens is 4. The average Bonchev–Trinajstić information content (AvgIpc) is 3.35. The van der Waals surface area contributed by atoms with Crippen molar-refractivity contribution in [3.63, 3.8) is 0 Å². The van der Waals surface area contributed by atoms with Gasteiger partial charge in [-0.05, 0) is 54.7 Å². The number of halogens is 4. The fourth-order valence-corrected chi connectivity index (χ4v) is 5.24. The highest BCUT2D eigenvalue weighted by Gasteiger charge is 2.47. The lowest BCUT2D eigenvalue weighted by molar-refractivity contribution is -0.184. The summed E-state index contributed by atoms with van der Waals surface area (Å²) in [6.45, 7) is -0.0509. The summed E-state index contributed by atoms with van der Waals surface area (Å²) >= 11 is 0. The molecule has 6 rings (SSSR count). The van der Waals surface area contributed by atoms with Crippen LogP contribution in [0.1, 0.15) is 36.4 Å². The van der Waals surface area contributed by atoms with Crippen molar-refractivity contribution in [2.24, 2.45) is 0 Å². The van der Waals surface area contributed by atoms with Crippen LogP contribution in [0.3, 0.4) is 0 Å². The Kier molecular flexibility index (Phi) is 5.29. The van der Waals surface area contributed by atoms with Crippen LogP contribution in [0, 0.1) is 5.82 Å². The number of aliphatic hydroxyl groups excluding tert-OH is 2. The molecule has 0 unspecified atom stereocenters. The van der Waals surface area contributed by atoms with E-state index < -0.39 is 29.6 Å². The normalized spacial score (nSPS) is 20.9. The molecular weight excluding hydrogens is 478 g/mol. The third-order valence-corrected chi connectivity index (χ3v) is 7.32. The highest BCUT2D eigenvalue weighted by atomic mass is 19.4. The minimum Gasteiger partial charge on any atom is -0.395 e. The van der Waals surface area contributed by atoms with Crippen molar-refractivity contribution in [2.75, 3.05) is 19.7 Å². The summed E-state index contributed by atoms with van der Waals surface area (Å²) in [4.78, 5) is 5.94. The lowest BCUT2D eigenvalue weighted by Crippen LogP contribution is -2.37. The van der Waals surface area contributed by atoms with Crippen LogP contribution in [0.25, 0.3) is 28.1 Å². The Morgan fingerprint density at radius 1 is 1.11 bits per heavy atom. The maximum absolute atomic E-state index is 14.3. The van der Waals surface area contributed by atoms with E-state index in [0.29, 0.717) is 27.8 Å². The molecule has 1 aliphatic carbocycles. The van der Waals surface area contributed by atoms with E-state index in [1.807, 2.05) is 0 Å². The number of alkyl halides is 3. The van der Waals surface area contributed by atoms with Crippen molar-refractivity contribution in [1.29, 1.82) is 0 Å². The van der Waals surface area contributed by atoms with Gasteiger partial charge in [0.05, 0.1) is 18.2 Å². The Morgan fingerprint density at radius 3 is 2.58 bits per heavy atom. The smallest absolute Gasteiger partial charge is 0.395 e. The summed E-state index contributed by atoms with van der Waals surface area (Å²) in [5.41, 5.74) is 1.33. The van der Waals surface area contributed by atoms with Crippen molar-refractivity contribution in [3.05, 3.63) is 59.5 Å². The molecule has 2 N–H and O–H groups in total. The van der Waals surface area contributed by atoms with Gasteiger partial charge in [-0.3, -0.25) is 9.30 Å². The number of hydrogen-bond acceptors (Lipinski definition) is 6. The standard InChI is InChI=1S/C25H23F4N5O2/c26-16-9-14-1-3-19(30-21(14)18(10-16)24(13-35)6-7-24)23-32-31-20-4-2-15(11-34(20)23)22(25(27,28)29)33-8-5-17(36)12-33/h1-4,9-11,17,22,35-36H,5-8,12-13H2/t17-,22+/m0/s1. The molecule has 0 amide bonds. The molecular formula is C25H23F4N5O2. The Labute approximate surface area is 203 Å². The van der Waals surface area contributed by atoms with E-state index in [4.69, 9.17) is 4.98 Å². The van der Waals surface area contributed by atoms with Crippen LogP contribution in [-0.4, -0.2) is 66.7 Å². The van der Waals surface area contributed by atoms with E-state index in [-0.39, 0.29) is 37.5 Å². The second kappa shape index (κ2) is 8.19. The summed E-state index contributed by atoms with van der Waals surface area (Å²) in [5.74, 6) is -0.171. The largest absolute Gasteiger partial charge is 0.408 e. The van der Waals surface area contributed by atoms with Crippen LogP contribution in [0.15, 0.2) is 42.6 Å². The molecule has 2 atom stereocenters. The van der Waals surface area contributed by atoms with Gasteiger partial charge in [0.25, 0.3) is 0 Å². The molecule has 4 heterocycles. The summed E-state index contributed by atoms with van der Waals surface area (Å²) < 4.78 is 58.1. The molecule has 7 nitrogen and oxygen atoms in total. The second-order valence-corrected chi connectivity index (χ2v) is 9.76. The van der Waals surface area contributed by atoms with Gasteiger partial charge in [0.2, 0.25) is 0 Å². The van der Waals surface area contributed by atoms with Crippen LogP contribution >= 0.6 is 0 Å². The van der Waals surface area contributed by atoms with Gasteiger partial charge in [-0.1, -0.05) is 12.1 Å². The van der Waals surface area contributed by atoms with E-state index in [1.54, 1.807) is 12.1 Å². The molecule has 1 aromatic carbocycles. The van der Waals surface area contributed by atoms with Gasteiger partial charge in [-0.2, -0.15) is 13.2 Å². The Morgan fingerprint density at radius 2 is 1.92 bits per heavy atom. The fourth-order valence-electron chi connectivity index (χ4n) is 5.24. The summed E-state index contributed by atoms with van der Waals surface area (Å²) in [6.07, 6.45) is -2.26. The summed E-state index contributed by atoms with van der Waals surface area (Å²) in [5, 5.41) is 28.6. The zero-order chi connectivity index (χ0) is 25.2. The van der Waals surface area contributed by atoms with Crippen molar-refractivity contribution in [1.82, 2.24) is 24.5 Å². The first-order valence-corrected chi connectivity index (χ1v) is 11.7. The number of nitrogens with zero attached hydrogens (tertiary/aromatic N) is 5. The lowest BCUT2D eigenvalue weighted by Gasteiger charge is -2.29. The number of fused-ring (bicyclic) bond motifs is 2. The van der Waals surface area contributed by atoms with E-state index in [2.05, 4.69) is 10.2 Å². The number of benzene rings is 1. The molecule has 1 saturated carbocycles. The molecule has 0 spiro atoms. The molecule has 11 heteroatoms. The summed E-state index contributed by atoms with van der Waals surface area (Å²) in [6, 6.07) is 7.04. The molecule has 0 radical (unpaired) electrons. The van der Waals surface area contributed by atoms with Crippen molar-refractivity contribution < 1.29 is 27.8 Å². The number of hydrogen-bond donors (Lipinski definition) is 2. The first-order valence-electron chi connectivity index (χ1n) is 11.7. The number of aliphatic hydroxyl groups is 2. The third kappa shape index (κ3) is 3.82. The van der Waals surface area contributed by atoms with Gasteiger partial charge >= 0.3 is 6.18 Å². The molecule has 3 aromatic heterocycles. The zero-order valence-electron chi connectivity index (χ0n) is 19.1. The highest BCUT2D eigenvalue weighted by Crippen LogP contribution is 2.50. The monoisotopic (exact) mass is 501 g/mol. The van der Waals surface area contributed by atoms with E-state index in [0.717, 1.165) is 12.8 Å². The molecule has 2 fully saturated rings. The minimum absolute atomic E-state index is 0.00548. The van der Waals surface area contributed by atoms with Crippen LogP contribution < -0.4 is 0 Å². The van der Waals surface area contributed by atoms with Gasteiger partial charge < -0.3 is 10.2 Å². The quantitative estimate of drug-likeness (QED) is 0.405.